The monoisotopic (exact) mass is 474 g/mol. The van der Waals surface area contributed by atoms with Gasteiger partial charge in [-0.25, -0.2) is 4.79 Å². The summed E-state index contributed by atoms with van der Waals surface area (Å²) in [6.45, 7) is 18.2. The molecule has 1 saturated carbocycles. The minimum atomic E-state index is -0.999. The third-order valence-electron chi connectivity index (χ3n) is 4.52. The molecule has 8 heteroatoms. The normalized spacial score (nSPS) is 13.4. The van der Waals surface area contributed by atoms with E-state index >= 15 is 0 Å². The molecular weight excluding hydrogens is 424 g/mol. The fourth-order valence-corrected chi connectivity index (χ4v) is 2.98. The van der Waals surface area contributed by atoms with Crippen LogP contribution in [0.1, 0.15) is 86.5 Å². The molecule has 1 amide bonds. The number of rotatable bonds is 14. The summed E-state index contributed by atoms with van der Waals surface area (Å²) in [5.41, 5.74) is 0.747. The lowest BCUT2D eigenvalue weighted by molar-refractivity contribution is -0.142. The van der Waals surface area contributed by atoms with Gasteiger partial charge in [-0.05, 0) is 39.5 Å². The average molecular weight is 475 g/mol. The van der Waals surface area contributed by atoms with E-state index in [1.165, 1.54) is 6.92 Å². The standard InChI is InChI=1S/C19H34N2O5.C2H4O.2C2H6/c1-3-25-13-14-26-12-11-20-15(2)9-10-17(19(23)24)21-18(22)16-7-5-4-6-8-16;1-2-3;2*1-2/h16-17,20H,2-14H2,1H3,(H,21,22)(H,23,24);2H,1H3;2*1-2H3. The number of ether oxygens (including phenoxy) is 2. The molecule has 0 radical (unpaired) electrons. The van der Waals surface area contributed by atoms with Crippen LogP contribution in [0.5, 0.6) is 0 Å². The Morgan fingerprint density at radius 3 is 2.12 bits per heavy atom. The molecular formula is C25H50N2O6. The predicted molar refractivity (Wildman–Crippen MR) is 134 cm³/mol. The van der Waals surface area contributed by atoms with Crippen molar-refractivity contribution >= 4 is 18.2 Å². The van der Waals surface area contributed by atoms with Crippen LogP contribution in [0.2, 0.25) is 0 Å². The Labute approximate surface area is 201 Å². The number of nitrogens with one attached hydrogen (secondary N) is 2. The van der Waals surface area contributed by atoms with Crippen LogP contribution in [-0.4, -0.2) is 62.3 Å². The second-order valence-electron chi connectivity index (χ2n) is 6.85. The Bertz CT molecular complexity index is 480. The van der Waals surface area contributed by atoms with E-state index in [1.807, 2.05) is 34.6 Å². The van der Waals surface area contributed by atoms with Gasteiger partial charge in [0, 0.05) is 24.8 Å². The Balaban J connectivity index is -0.00000115. The zero-order valence-electron chi connectivity index (χ0n) is 21.9. The molecule has 0 aromatic carbocycles. The Hall–Kier alpha value is -1.93. The number of carboxylic acid groups (broad SMARTS) is 1. The van der Waals surface area contributed by atoms with Gasteiger partial charge in [0.05, 0.1) is 19.8 Å². The Kier molecular flexibility index (Phi) is 30.4. The van der Waals surface area contributed by atoms with Crippen LogP contribution in [0.3, 0.4) is 0 Å². The highest BCUT2D eigenvalue weighted by Crippen LogP contribution is 2.23. The number of aliphatic carboxylic acids is 1. The largest absolute Gasteiger partial charge is 0.480 e. The minimum absolute atomic E-state index is 0.0410. The van der Waals surface area contributed by atoms with Crippen molar-refractivity contribution in [3.63, 3.8) is 0 Å². The van der Waals surface area contributed by atoms with Crippen LogP contribution in [0.4, 0.5) is 0 Å². The summed E-state index contributed by atoms with van der Waals surface area (Å²) in [5.74, 6) is -1.17. The van der Waals surface area contributed by atoms with Crippen molar-refractivity contribution in [2.24, 2.45) is 5.92 Å². The smallest absolute Gasteiger partial charge is 0.326 e. The van der Waals surface area contributed by atoms with Crippen LogP contribution >= 0.6 is 0 Å². The molecule has 3 N–H and O–H groups in total. The SMILES string of the molecule is C=C(CCC(NC(=O)C1CCCCC1)C(=O)O)NCCOCCOCC.CC.CC.CC=O. The zero-order valence-corrected chi connectivity index (χ0v) is 21.9. The minimum Gasteiger partial charge on any atom is -0.480 e. The lowest BCUT2D eigenvalue weighted by Crippen LogP contribution is -2.44. The van der Waals surface area contributed by atoms with Gasteiger partial charge in [0.25, 0.3) is 0 Å². The van der Waals surface area contributed by atoms with Gasteiger partial charge >= 0.3 is 5.97 Å². The third kappa shape index (κ3) is 23.0. The maximum absolute atomic E-state index is 12.2. The topological polar surface area (TPSA) is 114 Å². The van der Waals surface area contributed by atoms with Gasteiger partial charge in [0.1, 0.15) is 12.3 Å². The first-order valence-corrected chi connectivity index (χ1v) is 12.5. The van der Waals surface area contributed by atoms with Crippen LogP contribution in [-0.2, 0) is 23.9 Å². The van der Waals surface area contributed by atoms with E-state index in [0.717, 1.165) is 44.1 Å². The summed E-state index contributed by atoms with van der Waals surface area (Å²) in [7, 11) is 0. The van der Waals surface area contributed by atoms with Gasteiger partial charge in [-0.2, -0.15) is 0 Å². The van der Waals surface area contributed by atoms with Crippen molar-refractivity contribution in [1.29, 1.82) is 0 Å². The van der Waals surface area contributed by atoms with Crippen LogP contribution in [0.15, 0.2) is 12.3 Å². The fourth-order valence-electron chi connectivity index (χ4n) is 2.98. The molecule has 1 fully saturated rings. The lowest BCUT2D eigenvalue weighted by Gasteiger charge is -2.23. The van der Waals surface area contributed by atoms with Gasteiger partial charge in [-0.1, -0.05) is 53.5 Å². The number of allylic oxidation sites excluding steroid dienone is 1. The first-order valence-electron chi connectivity index (χ1n) is 12.5. The maximum atomic E-state index is 12.2. The van der Waals surface area contributed by atoms with Gasteiger partial charge in [0.2, 0.25) is 5.91 Å². The van der Waals surface area contributed by atoms with Gasteiger partial charge in [-0.3, -0.25) is 4.79 Å². The van der Waals surface area contributed by atoms with Crippen molar-refractivity contribution in [3.8, 4) is 0 Å². The van der Waals surface area contributed by atoms with Crippen LogP contribution in [0, 0.1) is 5.92 Å². The number of carbonyl (C=O) groups excluding carboxylic acids is 2. The number of carboxylic acids is 1. The summed E-state index contributed by atoms with van der Waals surface area (Å²) >= 11 is 0. The van der Waals surface area contributed by atoms with E-state index in [1.54, 1.807) is 0 Å². The number of aldehydes is 1. The molecule has 1 aliphatic rings. The molecule has 1 aliphatic carbocycles. The first-order chi connectivity index (χ1) is 16.0. The molecule has 0 aromatic rings. The number of hydrogen-bond donors (Lipinski definition) is 3. The zero-order chi connectivity index (χ0) is 25.9. The summed E-state index contributed by atoms with van der Waals surface area (Å²) < 4.78 is 10.6. The molecule has 0 saturated heterocycles. The summed E-state index contributed by atoms with van der Waals surface area (Å²) in [6.07, 6.45) is 6.52. The molecule has 0 heterocycles. The number of hydrogen-bond acceptors (Lipinski definition) is 6. The van der Waals surface area contributed by atoms with Gasteiger partial charge in [-0.15, -0.1) is 0 Å². The Morgan fingerprint density at radius 2 is 1.61 bits per heavy atom. The summed E-state index contributed by atoms with van der Waals surface area (Å²) in [5, 5.41) is 15.2. The molecule has 0 aromatic heterocycles. The highest BCUT2D eigenvalue weighted by molar-refractivity contribution is 5.85. The van der Waals surface area contributed by atoms with E-state index in [0.29, 0.717) is 45.8 Å². The molecule has 8 nitrogen and oxygen atoms in total. The highest BCUT2D eigenvalue weighted by Gasteiger charge is 2.26. The molecule has 196 valence electrons. The molecule has 0 spiro atoms. The second-order valence-corrected chi connectivity index (χ2v) is 6.85. The molecule has 0 bridgehead atoms. The van der Waals surface area contributed by atoms with E-state index < -0.39 is 12.0 Å². The molecule has 1 atom stereocenters. The van der Waals surface area contributed by atoms with E-state index in [9.17, 15) is 14.7 Å². The molecule has 1 rings (SSSR count). The fraction of sp³-hybridized carbons (Fsp3) is 0.800. The lowest BCUT2D eigenvalue weighted by atomic mass is 9.88. The van der Waals surface area contributed by atoms with Crippen molar-refractivity contribution in [2.45, 2.75) is 92.5 Å². The summed E-state index contributed by atoms with van der Waals surface area (Å²) in [6, 6.07) is -0.870. The maximum Gasteiger partial charge on any atom is 0.326 e. The average Bonchev–Trinajstić information content (AvgIpc) is 2.84. The summed E-state index contributed by atoms with van der Waals surface area (Å²) in [4.78, 5) is 32.5. The predicted octanol–water partition coefficient (Wildman–Crippen LogP) is 4.33. The Morgan fingerprint density at radius 1 is 1.06 bits per heavy atom. The van der Waals surface area contributed by atoms with Crippen LogP contribution in [0.25, 0.3) is 0 Å². The highest BCUT2D eigenvalue weighted by atomic mass is 16.5. The second kappa shape index (κ2) is 28.1. The molecule has 0 aliphatic heterocycles. The van der Waals surface area contributed by atoms with Crippen molar-refractivity contribution in [2.75, 3.05) is 33.0 Å². The van der Waals surface area contributed by atoms with Crippen molar-refractivity contribution in [1.82, 2.24) is 10.6 Å². The van der Waals surface area contributed by atoms with Crippen molar-refractivity contribution < 1.29 is 29.0 Å². The van der Waals surface area contributed by atoms with Gasteiger partial charge in [0.15, 0.2) is 0 Å². The van der Waals surface area contributed by atoms with E-state index in [-0.39, 0.29) is 11.8 Å². The van der Waals surface area contributed by atoms with E-state index in [2.05, 4.69) is 17.2 Å². The third-order valence-corrected chi connectivity index (χ3v) is 4.52. The number of carbonyl (C=O) groups is 3. The molecule has 33 heavy (non-hydrogen) atoms. The van der Waals surface area contributed by atoms with Gasteiger partial charge < -0.3 is 30.0 Å². The van der Waals surface area contributed by atoms with E-state index in [4.69, 9.17) is 14.3 Å². The number of amides is 1. The van der Waals surface area contributed by atoms with Crippen molar-refractivity contribution in [3.05, 3.63) is 12.3 Å². The van der Waals surface area contributed by atoms with Crippen LogP contribution < -0.4 is 10.6 Å². The quantitative estimate of drug-likeness (QED) is 0.254. The molecule has 1 unspecified atom stereocenters. The first kappa shape index (κ1) is 35.7.